The zero-order valence-electron chi connectivity index (χ0n) is 26.4. The lowest BCUT2D eigenvalue weighted by atomic mass is 9.68. The molecule has 0 amide bonds. The number of ether oxygens (including phenoxy) is 2. The van der Waals surface area contributed by atoms with Crippen molar-refractivity contribution in [2.45, 2.75) is 44.8 Å². The average Bonchev–Trinajstić information content (AvgIpc) is 3.31. The molecule has 2 aromatic heterocycles. The number of phenolic OH excluding ortho intramolecular Hbond substituents is 1. The fraction of sp³-hybridized carbons (Fsp3) is 0.294. The number of hydrogen-bond donors (Lipinski definition) is 1. The van der Waals surface area contributed by atoms with E-state index in [4.69, 9.17) is 21.1 Å². The van der Waals surface area contributed by atoms with Crippen LogP contribution in [0.1, 0.15) is 36.6 Å². The van der Waals surface area contributed by atoms with Crippen LogP contribution in [0.2, 0.25) is 5.02 Å². The van der Waals surface area contributed by atoms with Crippen molar-refractivity contribution >= 4 is 34.2 Å². The highest BCUT2D eigenvalue weighted by Crippen LogP contribution is 2.51. The van der Waals surface area contributed by atoms with Crippen LogP contribution < -0.4 is 26.4 Å². The monoisotopic (exact) mass is 671 g/mol. The molecule has 0 radical (unpaired) electrons. The second-order valence-corrected chi connectivity index (χ2v) is 12.4. The Morgan fingerprint density at radius 3 is 2.46 bits per heavy atom. The number of allylic oxidation sites excluding steroid dienone is 6. The number of carbonyl (C=O) groups excluding carboxylic acids is 2. The smallest absolute Gasteiger partial charge is 0.347 e. The molecule has 4 aromatic rings. The molecule has 0 bridgehead atoms. The van der Waals surface area contributed by atoms with Crippen molar-refractivity contribution in [3.63, 3.8) is 0 Å². The number of rotatable bonds is 6. The van der Waals surface area contributed by atoms with Gasteiger partial charge in [-0.15, -0.1) is 0 Å². The molecule has 246 valence electrons. The van der Waals surface area contributed by atoms with Gasteiger partial charge in [-0.05, 0) is 36.3 Å². The molecule has 3 heterocycles. The molecule has 1 N–H and O–H groups in total. The summed E-state index contributed by atoms with van der Waals surface area (Å²) in [6, 6.07) is 6.93. The standard InChI is InChI=1S/C34H30ClN5O8/c1-16-11-26(42)30-20(31(16)43)13-24-19(29(30)18-6-5-17(41)12-21(18)35)7-10-39-33(45)38(34(46)40(24)39)9-8-22-32(44)37(2)25-15-28(48-4)27(47-3)14-23(25)36-22/h5-7,11-12,14-15,24,29,41H,8-10,13H2,1-4H3/t24-,29+/m1/s1. The minimum Gasteiger partial charge on any atom is -0.508 e. The Labute approximate surface area is 277 Å². The van der Waals surface area contributed by atoms with E-state index in [2.05, 4.69) is 4.98 Å². The summed E-state index contributed by atoms with van der Waals surface area (Å²) in [5.74, 6) is -0.630. The van der Waals surface area contributed by atoms with Crippen molar-refractivity contribution in [2.75, 3.05) is 14.2 Å². The Morgan fingerprint density at radius 2 is 1.75 bits per heavy atom. The highest BCUT2D eigenvalue weighted by atomic mass is 35.5. The van der Waals surface area contributed by atoms with Crippen molar-refractivity contribution in [1.82, 2.24) is 23.5 Å². The van der Waals surface area contributed by atoms with E-state index >= 15 is 0 Å². The zero-order chi connectivity index (χ0) is 34.2. The molecule has 0 fully saturated rings. The predicted molar refractivity (Wildman–Crippen MR) is 175 cm³/mol. The number of carbonyl (C=O) groups is 2. The van der Waals surface area contributed by atoms with Crippen molar-refractivity contribution in [3.8, 4) is 17.2 Å². The van der Waals surface area contributed by atoms with E-state index in [0.717, 1.165) is 4.57 Å². The topological polar surface area (TPSA) is 157 Å². The van der Waals surface area contributed by atoms with Crippen LogP contribution in [-0.2, 0) is 36.1 Å². The van der Waals surface area contributed by atoms with Gasteiger partial charge < -0.3 is 19.1 Å². The third kappa shape index (κ3) is 4.60. The Hall–Kier alpha value is -5.43. The summed E-state index contributed by atoms with van der Waals surface area (Å²) < 4.78 is 15.9. The van der Waals surface area contributed by atoms with Gasteiger partial charge in [0.15, 0.2) is 23.1 Å². The van der Waals surface area contributed by atoms with Crippen LogP contribution in [0.3, 0.4) is 0 Å². The molecule has 0 spiro atoms. The van der Waals surface area contributed by atoms with Gasteiger partial charge in [0.25, 0.3) is 5.56 Å². The van der Waals surface area contributed by atoms with Crippen LogP contribution in [0.4, 0.5) is 0 Å². The molecule has 2 aromatic carbocycles. The molecule has 3 aliphatic rings. The summed E-state index contributed by atoms with van der Waals surface area (Å²) in [5.41, 5.74) is 1.49. The number of fused-ring (bicyclic) bond motifs is 4. The number of aryl methyl sites for hydroxylation is 2. The molecule has 14 heteroatoms. The van der Waals surface area contributed by atoms with Crippen molar-refractivity contribution < 1.29 is 24.2 Å². The molecular weight excluding hydrogens is 642 g/mol. The Kier molecular flexibility index (Phi) is 7.39. The van der Waals surface area contributed by atoms with E-state index in [0.29, 0.717) is 33.7 Å². The summed E-state index contributed by atoms with van der Waals surface area (Å²) in [4.78, 5) is 72.5. The van der Waals surface area contributed by atoms with Gasteiger partial charge in [-0.2, -0.15) is 0 Å². The SMILES string of the molecule is COc1cc2nc(CCn3c(=O)n4n(c3=O)[C@@H]3CC5=C(C(=O)C=C(C)C5=O)[C@@H](c5ccc(O)cc5Cl)C3=CC4)c(=O)n(C)c2cc1OC. The van der Waals surface area contributed by atoms with Gasteiger partial charge >= 0.3 is 11.4 Å². The van der Waals surface area contributed by atoms with E-state index in [1.807, 2.05) is 0 Å². The maximum Gasteiger partial charge on any atom is 0.347 e. The minimum absolute atomic E-state index is 0.0148. The average molecular weight is 672 g/mol. The lowest BCUT2D eigenvalue weighted by Gasteiger charge is -2.39. The van der Waals surface area contributed by atoms with Gasteiger partial charge in [-0.25, -0.2) is 28.5 Å². The molecule has 2 atom stereocenters. The maximum atomic E-state index is 14.1. The summed E-state index contributed by atoms with van der Waals surface area (Å²) in [7, 11) is 4.59. The summed E-state index contributed by atoms with van der Waals surface area (Å²) >= 11 is 6.59. The summed E-state index contributed by atoms with van der Waals surface area (Å²) in [6.07, 6.45) is 3.10. The van der Waals surface area contributed by atoms with Gasteiger partial charge in [-0.3, -0.25) is 14.4 Å². The number of Topliss-reactive ketones (excluding diaryl/α,β-unsaturated/α-hetero) is 1. The number of aromatic nitrogens is 5. The molecule has 0 saturated carbocycles. The third-order valence-electron chi connectivity index (χ3n) is 9.42. The number of hydrogen-bond acceptors (Lipinski definition) is 9. The van der Waals surface area contributed by atoms with Gasteiger partial charge in [-0.1, -0.05) is 23.7 Å². The Balaban J connectivity index is 1.30. The molecule has 0 unspecified atom stereocenters. The zero-order valence-corrected chi connectivity index (χ0v) is 27.2. The van der Waals surface area contributed by atoms with Crippen LogP contribution in [0.25, 0.3) is 11.0 Å². The van der Waals surface area contributed by atoms with Gasteiger partial charge in [0.2, 0.25) is 0 Å². The molecule has 48 heavy (non-hydrogen) atoms. The van der Waals surface area contributed by atoms with Crippen molar-refractivity contribution in [2.24, 2.45) is 7.05 Å². The molecule has 2 aliphatic carbocycles. The van der Waals surface area contributed by atoms with E-state index in [-0.39, 0.29) is 76.2 Å². The van der Waals surface area contributed by atoms with Crippen LogP contribution in [-0.4, -0.2) is 54.4 Å². The number of methoxy groups -OCH3 is 2. The normalized spacial score (nSPS) is 18.7. The lowest BCUT2D eigenvalue weighted by molar-refractivity contribution is -0.116. The first kappa shape index (κ1) is 31.2. The number of phenols is 1. The Bertz CT molecular complexity index is 2390. The highest BCUT2D eigenvalue weighted by Gasteiger charge is 2.45. The van der Waals surface area contributed by atoms with E-state index in [9.17, 15) is 29.1 Å². The first-order chi connectivity index (χ1) is 22.9. The van der Waals surface area contributed by atoms with Crippen molar-refractivity contribution in [3.05, 3.63) is 112 Å². The molecular formula is C34H30ClN5O8. The third-order valence-corrected chi connectivity index (χ3v) is 9.75. The van der Waals surface area contributed by atoms with E-state index in [1.165, 1.54) is 46.4 Å². The van der Waals surface area contributed by atoms with Crippen LogP contribution in [0.15, 0.2) is 79.2 Å². The number of halogens is 1. The van der Waals surface area contributed by atoms with Gasteiger partial charge in [0.05, 0.1) is 37.8 Å². The number of ketones is 2. The van der Waals surface area contributed by atoms with E-state index in [1.54, 1.807) is 38.2 Å². The second-order valence-electron chi connectivity index (χ2n) is 12.0. The molecule has 1 aliphatic heterocycles. The van der Waals surface area contributed by atoms with Crippen LogP contribution in [0, 0.1) is 0 Å². The largest absolute Gasteiger partial charge is 0.508 e. The van der Waals surface area contributed by atoms with Gasteiger partial charge in [0.1, 0.15) is 11.4 Å². The fourth-order valence-electron chi connectivity index (χ4n) is 7.09. The number of aromatic hydroxyl groups is 1. The first-order valence-electron chi connectivity index (χ1n) is 15.2. The molecule has 7 rings (SSSR count). The quantitative estimate of drug-likeness (QED) is 0.241. The first-order valence-corrected chi connectivity index (χ1v) is 15.5. The second kappa shape index (κ2) is 11.4. The van der Waals surface area contributed by atoms with Gasteiger partial charge in [0, 0.05) is 66.2 Å². The molecule has 0 saturated heterocycles. The van der Waals surface area contributed by atoms with Crippen molar-refractivity contribution in [1.29, 1.82) is 0 Å². The number of nitrogens with zero attached hydrogens (tertiary/aromatic N) is 5. The summed E-state index contributed by atoms with van der Waals surface area (Å²) in [5, 5.41) is 10.2. The predicted octanol–water partition coefficient (Wildman–Crippen LogP) is 2.74. The lowest BCUT2D eigenvalue weighted by Crippen LogP contribution is -2.41. The maximum absolute atomic E-state index is 14.1. The fourth-order valence-corrected chi connectivity index (χ4v) is 7.37. The summed E-state index contributed by atoms with van der Waals surface area (Å²) in [6.45, 7) is 1.46. The van der Waals surface area contributed by atoms with E-state index < -0.39 is 23.3 Å². The highest BCUT2D eigenvalue weighted by molar-refractivity contribution is 6.32. The van der Waals surface area contributed by atoms with Crippen LogP contribution in [0.5, 0.6) is 17.2 Å². The minimum atomic E-state index is -0.785. The van der Waals surface area contributed by atoms with Crippen LogP contribution >= 0.6 is 11.6 Å². The Morgan fingerprint density at radius 1 is 1.02 bits per heavy atom. The number of benzene rings is 2. The molecule has 13 nitrogen and oxygen atoms in total.